The number of sulfonamides is 1. The van der Waals surface area contributed by atoms with E-state index in [0.29, 0.717) is 18.7 Å². The molecule has 3 atom stereocenters. The number of nitrogens with one attached hydrogen (secondary N) is 2. The summed E-state index contributed by atoms with van der Waals surface area (Å²) >= 11 is 4.00. The molecule has 0 spiro atoms. The summed E-state index contributed by atoms with van der Waals surface area (Å²) in [5.41, 5.74) is 0.740. The molecule has 4 bridgehead atoms. The van der Waals surface area contributed by atoms with Gasteiger partial charge in [-0.2, -0.15) is 0 Å². The van der Waals surface area contributed by atoms with Crippen molar-refractivity contribution < 1.29 is 17.9 Å². The minimum Gasteiger partial charge on any atom is -0.383 e. The second kappa shape index (κ2) is 8.19. The second-order valence-corrected chi connectivity index (χ2v) is 13.2. The third kappa shape index (κ3) is 4.76. The lowest BCUT2D eigenvalue weighted by atomic mass is 9.48. The Morgan fingerprint density at radius 3 is 2.40 bits per heavy atom. The van der Waals surface area contributed by atoms with E-state index in [-0.39, 0.29) is 26.6 Å². The van der Waals surface area contributed by atoms with Gasteiger partial charge in [0.25, 0.3) is 0 Å². The van der Waals surface area contributed by atoms with Crippen LogP contribution in [0.3, 0.4) is 0 Å². The zero-order valence-electron chi connectivity index (χ0n) is 17.6. The van der Waals surface area contributed by atoms with Crippen LogP contribution in [0.1, 0.15) is 51.9 Å². The number of halogens is 1. The molecule has 166 valence electrons. The minimum absolute atomic E-state index is 0.0236. The number of amides is 1. The summed E-state index contributed by atoms with van der Waals surface area (Å²) in [4.78, 5) is 13.0. The van der Waals surface area contributed by atoms with Crippen LogP contribution in [-0.2, 0) is 19.6 Å². The lowest BCUT2D eigenvalue weighted by Gasteiger charge is -2.60. The predicted octanol–water partition coefficient (Wildman–Crippen LogP) is 4.06. The van der Waals surface area contributed by atoms with Gasteiger partial charge in [0.2, 0.25) is 15.9 Å². The molecule has 5 rings (SSSR count). The first kappa shape index (κ1) is 22.2. The minimum atomic E-state index is -3.62. The number of rotatable bonds is 8. The summed E-state index contributed by atoms with van der Waals surface area (Å²) in [6.07, 6.45) is 7.77. The van der Waals surface area contributed by atoms with Crippen molar-refractivity contribution in [2.45, 2.75) is 67.1 Å². The van der Waals surface area contributed by atoms with E-state index in [1.807, 2.05) is 0 Å². The van der Waals surface area contributed by atoms with Gasteiger partial charge in [0.1, 0.15) is 0 Å². The van der Waals surface area contributed by atoms with Crippen molar-refractivity contribution >= 4 is 37.5 Å². The fourth-order valence-electron chi connectivity index (χ4n) is 6.42. The molecule has 4 aliphatic carbocycles. The first-order valence-electron chi connectivity index (χ1n) is 10.7. The second-order valence-electron chi connectivity index (χ2n) is 9.84. The van der Waals surface area contributed by atoms with E-state index < -0.39 is 10.0 Å². The smallest absolute Gasteiger partial charge is 0.240 e. The number of alkyl halides is 1. The molecule has 6 nitrogen and oxygen atoms in total. The molecule has 0 heterocycles. The van der Waals surface area contributed by atoms with Gasteiger partial charge in [0, 0.05) is 29.6 Å². The van der Waals surface area contributed by atoms with E-state index in [1.54, 1.807) is 19.1 Å². The average Bonchev–Trinajstić information content (AvgIpc) is 2.59. The molecule has 0 saturated heterocycles. The SMILES string of the molecule is COCC(C)NS(=O)(=O)c1ccc(NC(=O)CC23CC4CC(CC(Br)(C4)C2)C3)cc1. The number of methoxy groups -OCH3 is 1. The number of hydrogen-bond acceptors (Lipinski definition) is 4. The Labute approximate surface area is 187 Å². The molecule has 0 aromatic heterocycles. The molecule has 1 aromatic carbocycles. The van der Waals surface area contributed by atoms with Gasteiger partial charge in [-0.3, -0.25) is 4.79 Å². The van der Waals surface area contributed by atoms with Crippen molar-refractivity contribution in [3.05, 3.63) is 24.3 Å². The zero-order valence-corrected chi connectivity index (χ0v) is 20.0. The highest BCUT2D eigenvalue weighted by Gasteiger charge is 2.57. The van der Waals surface area contributed by atoms with Crippen LogP contribution >= 0.6 is 15.9 Å². The van der Waals surface area contributed by atoms with Crippen LogP contribution in [0.2, 0.25) is 0 Å². The molecule has 4 saturated carbocycles. The monoisotopic (exact) mass is 498 g/mol. The van der Waals surface area contributed by atoms with Crippen LogP contribution < -0.4 is 10.0 Å². The van der Waals surface area contributed by atoms with E-state index in [9.17, 15) is 13.2 Å². The third-order valence-corrected chi connectivity index (χ3v) is 9.40. The average molecular weight is 499 g/mol. The molecule has 0 aliphatic heterocycles. The number of ether oxygens (including phenoxy) is 1. The maximum atomic E-state index is 12.8. The normalized spacial score (nSPS) is 33.4. The van der Waals surface area contributed by atoms with E-state index in [4.69, 9.17) is 4.74 Å². The van der Waals surface area contributed by atoms with E-state index in [2.05, 4.69) is 26.0 Å². The quantitative estimate of drug-likeness (QED) is 0.529. The molecule has 2 N–H and O–H groups in total. The molecule has 1 amide bonds. The van der Waals surface area contributed by atoms with Crippen LogP contribution in [0.25, 0.3) is 0 Å². The fraction of sp³-hybridized carbons (Fsp3) is 0.682. The van der Waals surface area contributed by atoms with Crippen molar-refractivity contribution in [1.82, 2.24) is 4.72 Å². The molecular formula is C22H31BrN2O4S. The number of anilines is 1. The lowest BCUT2D eigenvalue weighted by Crippen LogP contribution is -2.53. The summed E-state index contributed by atoms with van der Waals surface area (Å²) in [6.45, 7) is 2.05. The molecule has 1 aromatic rings. The first-order chi connectivity index (χ1) is 14.1. The highest BCUT2D eigenvalue weighted by atomic mass is 79.9. The predicted molar refractivity (Wildman–Crippen MR) is 120 cm³/mol. The van der Waals surface area contributed by atoms with Crippen LogP contribution in [0.15, 0.2) is 29.2 Å². The summed E-state index contributed by atoms with van der Waals surface area (Å²) in [7, 11) is -2.09. The van der Waals surface area contributed by atoms with Crippen molar-refractivity contribution in [3.63, 3.8) is 0 Å². The fourth-order valence-corrected chi connectivity index (χ4v) is 9.16. The van der Waals surface area contributed by atoms with Gasteiger partial charge in [-0.15, -0.1) is 0 Å². The first-order valence-corrected chi connectivity index (χ1v) is 13.0. The van der Waals surface area contributed by atoms with Crippen molar-refractivity contribution in [3.8, 4) is 0 Å². The maximum Gasteiger partial charge on any atom is 0.240 e. The van der Waals surface area contributed by atoms with E-state index >= 15 is 0 Å². The van der Waals surface area contributed by atoms with Gasteiger partial charge in [0.05, 0.1) is 11.5 Å². The van der Waals surface area contributed by atoms with Gasteiger partial charge in [0.15, 0.2) is 0 Å². The van der Waals surface area contributed by atoms with Gasteiger partial charge in [-0.1, -0.05) is 15.9 Å². The van der Waals surface area contributed by atoms with Crippen LogP contribution in [0.5, 0.6) is 0 Å². The Morgan fingerprint density at radius 2 is 1.83 bits per heavy atom. The zero-order chi connectivity index (χ0) is 21.6. The van der Waals surface area contributed by atoms with Crippen LogP contribution in [0, 0.1) is 17.3 Å². The molecule has 0 radical (unpaired) electrons. The number of benzene rings is 1. The summed E-state index contributed by atoms with van der Waals surface area (Å²) < 4.78 is 32.7. The van der Waals surface area contributed by atoms with Crippen molar-refractivity contribution in [2.75, 3.05) is 19.0 Å². The maximum absolute atomic E-state index is 12.8. The van der Waals surface area contributed by atoms with Crippen molar-refractivity contribution in [2.24, 2.45) is 17.3 Å². The summed E-state index contributed by atoms with van der Waals surface area (Å²) in [5.74, 6) is 1.52. The Bertz CT molecular complexity index is 888. The molecule has 3 unspecified atom stereocenters. The van der Waals surface area contributed by atoms with Gasteiger partial charge >= 0.3 is 0 Å². The molecule has 4 aliphatic rings. The van der Waals surface area contributed by atoms with Gasteiger partial charge in [-0.25, -0.2) is 13.1 Å². The highest BCUT2D eigenvalue weighted by molar-refractivity contribution is 9.10. The molecule has 4 fully saturated rings. The van der Waals surface area contributed by atoms with Gasteiger partial charge in [-0.05, 0) is 87.0 Å². The summed E-state index contributed by atoms with van der Waals surface area (Å²) in [6, 6.07) is 6.03. The number of carbonyl (C=O) groups excluding carboxylic acids is 1. The van der Waals surface area contributed by atoms with Crippen LogP contribution in [0.4, 0.5) is 5.69 Å². The van der Waals surface area contributed by atoms with Crippen molar-refractivity contribution in [1.29, 1.82) is 0 Å². The number of hydrogen-bond donors (Lipinski definition) is 2. The van der Waals surface area contributed by atoms with Crippen LogP contribution in [-0.4, -0.2) is 38.4 Å². The molecule has 8 heteroatoms. The Kier molecular flexibility index (Phi) is 6.07. The topological polar surface area (TPSA) is 84.5 Å². The lowest BCUT2D eigenvalue weighted by molar-refractivity contribution is -0.123. The number of carbonyl (C=O) groups is 1. The summed E-state index contributed by atoms with van der Waals surface area (Å²) in [5, 5.41) is 2.98. The Hall–Kier alpha value is -0.960. The largest absolute Gasteiger partial charge is 0.383 e. The molecular weight excluding hydrogens is 468 g/mol. The Morgan fingerprint density at radius 1 is 1.20 bits per heavy atom. The van der Waals surface area contributed by atoms with E-state index in [1.165, 1.54) is 38.5 Å². The highest BCUT2D eigenvalue weighted by Crippen LogP contribution is 2.65. The van der Waals surface area contributed by atoms with Gasteiger partial charge < -0.3 is 10.1 Å². The van der Waals surface area contributed by atoms with E-state index in [0.717, 1.165) is 31.1 Å². The third-order valence-electron chi connectivity index (χ3n) is 6.87. The molecule has 30 heavy (non-hydrogen) atoms. The standard InChI is InChI=1S/C22H31BrN2O4S/c1-15(13-29-2)25-30(27,28)19-5-3-18(4-6-19)24-20(26)12-21-8-16-7-17(9-21)11-22(23,10-16)14-21/h3-6,15-17,25H,7-14H2,1-2H3,(H,24,26). The Balaban J connectivity index is 1.38.